The molecule has 0 aromatic heterocycles. The maximum absolute atomic E-state index is 10.1. The predicted molar refractivity (Wildman–Crippen MR) is 122 cm³/mol. The number of ether oxygens (including phenoxy) is 3. The highest BCUT2D eigenvalue weighted by Gasteiger charge is 2.31. The summed E-state index contributed by atoms with van der Waals surface area (Å²) in [6.07, 6.45) is -3.78. The number of hydrogen-bond donors (Lipinski definition) is 5. The largest absolute Gasteiger partial charge is 0.491 e. The lowest BCUT2D eigenvalue weighted by Crippen LogP contribution is -2.47. The average Bonchev–Trinajstić information content (AvgIpc) is 3.64. The maximum atomic E-state index is 10.1. The summed E-state index contributed by atoms with van der Waals surface area (Å²) in [6.45, 7) is 2.08. The van der Waals surface area contributed by atoms with Gasteiger partial charge in [0.15, 0.2) is 0 Å². The summed E-state index contributed by atoms with van der Waals surface area (Å²) in [5.74, 6) is 0.989. The van der Waals surface area contributed by atoms with E-state index < -0.39 is 31.2 Å². The van der Waals surface area contributed by atoms with E-state index in [0.29, 0.717) is 36.3 Å². The molecule has 1 aliphatic rings. The van der Waals surface area contributed by atoms with E-state index in [1.54, 1.807) is 6.92 Å². The lowest BCUT2D eigenvalue weighted by atomic mass is 10.0. The van der Waals surface area contributed by atoms with Crippen molar-refractivity contribution in [2.45, 2.75) is 56.9 Å². The number of aryl methyl sites for hydroxylation is 1. The second-order valence-electron chi connectivity index (χ2n) is 8.19. The fraction of sp³-hybridized carbons (Fsp3) is 0.500. The zero-order valence-electron chi connectivity index (χ0n) is 18.4. The molecule has 0 unspecified atom stereocenters. The van der Waals surface area contributed by atoms with Crippen LogP contribution >= 0.6 is 11.6 Å². The van der Waals surface area contributed by atoms with Gasteiger partial charge in [-0.05, 0) is 61.1 Å². The highest BCUT2D eigenvalue weighted by atomic mass is 35.5. The molecule has 33 heavy (non-hydrogen) atoms. The molecule has 182 valence electrons. The van der Waals surface area contributed by atoms with Crippen molar-refractivity contribution in [2.24, 2.45) is 0 Å². The van der Waals surface area contributed by atoms with Gasteiger partial charge in [-0.25, -0.2) is 0 Å². The van der Waals surface area contributed by atoms with Crippen LogP contribution in [0.3, 0.4) is 0 Å². The van der Waals surface area contributed by atoms with Crippen LogP contribution in [0.15, 0.2) is 36.4 Å². The van der Waals surface area contributed by atoms with Crippen LogP contribution in [0.1, 0.15) is 29.5 Å². The molecule has 0 aliphatic heterocycles. The third-order valence-electron chi connectivity index (χ3n) is 5.36. The Morgan fingerprint density at radius 2 is 1.70 bits per heavy atom. The molecule has 1 fully saturated rings. The third-order valence-corrected chi connectivity index (χ3v) is 5.71. The second-order valence-corrected chi connectivity index (χ2v) is 8.60. The first kappa shape index (κ1) is 25.7. The summed E-state index contributed by atoms with van der Waals surface area (Å²) < 4.78 is 16.6. The molecule has 0 heterocycles. The van der Waals surface area contributed by atoms with Crippen molar-refractivity contribution in [3.8, 4) is 11.5 Å². The standard InChI is InChI=1S/C24H31ClO8/c1-14-10-16(11-15-2-4-17(5-3-15)31-8-9-32-18-6-7-18)19(25)12-21(14)33-24(30)23(29)22(28)20(27)13-26/h2-5,10,12,18,20,22-24,26-30H,6-9,11,13H2,1H3/t20-,22+,23-,24-/m0/s1. The van der Waals surface area contributed by atoms with Crippen molar-refractivity contribution in [3.63, 3.8) is 0 Å². The molecule has 0 spiro atoms. The molecule has 8 nitrogen and oxygen atoms in total. The SMILES string of the molecule is Cc1cc(Cc2ccc(OCCOC3CC3)cc2)c(Cl)cc1O[C@H](O)[C@@H](O)[C@H](O)[C@@H](O)CO. The van der Waals surface area contributed by atoms with Gasteiger partial charge >= 0.3 is 0 Å². The highest BCUT2D eigenvalue weighted by molar-refractivity contribution is 6.31. The quantitative estimate of drug-likeness (QED) is 0.215. The molecule has 2 aromatic rings. The minimum Gasteiger partial charge on any atom is -0.491 e. The van der Waals surface area contributed by atoms with Crippen molar-refractivity contribution < 1.29 is 39.7 Å². The van der Waals surface area contributed by atoms with E-state index >= 15 is 0 Å². The van der Waals surface area contributed by atoms with Gasteiger partial charge in [0.05, 0.1) is 19.3 Å². The number of rotatable bonds is 13. The van der Waals surface area contributed by atoms with E-state index in [2.05, 4.69) is 0 Å². The number of aliphatic hydroxyl groups is 5. The van der Waals surface area contributed by atoms with Crippen LogP contribution in [-0.2, 0) is 11.2 Å². The van der Waals surface area contributed by atoms with Crippen molar-refractivity contribution in [1.29, 1.82) is 0 Å². The Kier molecular flexibility index (Phi) is 9.34. The molecular weight excluding hydrogens is 452 g/mol. The van der Waals surface area contributed by atoms with E-state index in [0.717, 1.165) is 29.7 Å². The van der Waals surface area contributed by atoms with Gasteiger partial charge in [0.2, 0.25) is 6.29 Å². The third kappa shape index (κ3) is 7.55. The number of halogens is 1. The highest BCUT2D eigenvalue weighted by Crippen LogP contribution is 2.30. The van der Waals surface area contributed by atoms with Gasteiger partial charge in [-0.2, -0.15) is 0 Å². The maximum Gasteiger partial charge on any atom is 0.226 e. The number of benzene rings is 2. The van der Waals surface area contributed by atoms with E-state index in [1.165, 1.54) is 6.07 Å². The van der Waals surface area contributed by atoms with Crippen LogP contribution in [0.5, 0.6) is 11.5 Å². The molecular formula is C24H31ClO8. The number of hydrogen-bond acceptors (Lipinski definition) is 8. The molecule has 1 saturated carbocycles. The molecule has 0 saturated heterocycles. The summed E-state index contributed by atoms with van der Waals surface area (Å²) in [5.41, 5.74) is 2.54. The zero-order valence-corrected chi connectivity index (χ0v) is 19.2. The van der Waals surface area contributed by atoms with Crippen molar-refractivity contribution >= 4 is 11.6 Å². The fourth-order valence-corrected chi connectivity index (χ4v) is 3.44. The van der Waals surface area contributed by atoms with Crippen LogP contribution in [-0.4, -0.2) is 76.1 Å². The van der Waals surface area contributed by atoms with Crippen molar-refractivity contribution in [2.75, 3.05) is 19.8 Å². The molecule has 9 heteroatoms. The van der Waals surface area contributed by atoms with E-state index in [1.807, 2.05) is 30.3 Å². The predicted octanol–water partition coefficient (Wildman–Crippen LogP) is 1.57. The summed E-state index contributed by atoms with van der Waals surface area (Å²) in [6, 6.07) is 11.1. The normalized spacial score (nSPS) is 17.3. The smallest absolute Gasteiger partial charge is 0.226 e. The monoisotopic (exact) mass is 482 g/mol. The van der Waals surface area contributed by atoms with Gasteiger partial charge in [0.25, 0.3) is 0 Å². The first-order valence-electron chi connectivity index (χ1n) is 10.9. The topological polar surface area (TPSA) is 129 Å². The Morgan fingerprint density at radius 3 is 2.33 bits per heavy atom. The number of aliphatic hydroxyl groups excluding tert-OH is 5. The first-order chi connectivity index (χ1) is 15.8. The molecule has 5 N–H and O–H groups in total. The molecule has 0 bridgehead atoms. The molecule has 3 rings (SSSR count). The van der Waals surface area contributed by atoms with Crippen LogP contribution in [0.25, 0.3) is 0 Å². The van der Waals surface area contributed by atoms with Crippen molar-refractivity contribution in [1.82, 2.24) is 0 Å². The summed E-state index contributed by atoms with van der Waals surface area (Å²) in [7, 11) is 0. The fourth-order valence-electron chi connectivity index (χ4n) is 3.22. The molecule has 2 aromatic carbocycles. The zero-order chi connectivity index (χ0) is 24.0. The van der Waals surface area contributed by atoms with Crippen LogP contribution in [0, 0.1) is 6.92 Å². The Hall–Kier alpha value is -1.91. The van der Waals surface area contributed by atoms with Crippen LogP contribution in [0.2, 0.25) is 5.02 Å². The summed E-state index contributed by atoms with van der Waals surface area (Å²) in [4.78, 5) is 0. The summed E-state index contributed by atoms with van der Waals surface area (Å²) >= 11 is 6.41. The van der Waals surface area contributed by atoms with Gasteiger partial charge in [0.1, 0.15) is 36.4 Å². The molecule has 4 atom stereocenters. The second kappa shape index (κ2) is 12.0. The van der Waals surface area contributed by atoms with Crippen LogP contribution < -0.4 is 9.47 Å². The van der Waals surface area contributed by atoms with Gasteiger partial charge in [0, 0.05) is 5.02 Å². The van der Waals surface area contributed by atoms with Crippen LogP contribution in [0.4, 0.5) is 0 Å². The van der Waals surface area contributed by atoms with E-state index in [9.17, 15) is 20.4 Å². The minimum atomic E-state index is -1.83. The lowest BCUT2D eigenvalue weighted by Gasteiger charge is -2.26. The Bertz CT molecular complexity index is 887. The van der Waals surface area contributed by atoms with E-state index in [4.69, 9.17) is 30.9 Å². The van der Waals surface area contributed by atoms with Gasteiger partial charge in [-0.1, -0.05) is 29.8 Å². The Balaban J connectivity index is 1.56. The first-order valence-corrected chi connectivity index (χ1v) is 11.3. The molecule has 0 radical (unpaired) electrons. The van der Waals surface area contributed by atoms with E-state index in [-0.39, 0.29) is 5.75 Å². The lowest BCUT2D eigenvalue weighted by molar-refractivity contribution is -0.169. The van der Waals surface area contributed by atoms with Crippen molar-refractivity contribution in [3.05, 3.63) is 58.1 Å². The Morgan fingerprint density at radius 1 is 1.00 bits per heavy atom. The van der Waals surface area contributed by atoms with Gasteiger partial charge < -0.3 is 39.7 Å². The Labute approximate surface area is 197 Å². The molecule has 1 aliphatic carbocycles. The minimum absolute atomic E-state index is 0.221. The van der Waals surface area contributed by atoms with Gasteiger partial charge in [-0.3, -0.25) is 0 Å². The molecule has 0 amide bonds. The van der Waals surface area contributed by atoms with Gasteiger partial charge in [-0.15, -0.1) is 0 Å². The average molecular weight is 483 g/mol. The summed E-state index contributed by atoms with van der Waals surface area (Å²) in [5, 5.41) is 48.4.